The number of hydrogen-bond acceptors (Lipinski definition) is 2. The first-order chi connectivity index (χ1) is 9.45. The molecule has 2 rings (SSSR count). The number of nitrogens with zero attached hydrogens (tertiary/aromatic N) is 1. The molecule has 20 heavy (non-hydrogen) atoms. The summed E-state index contributed by atoms with van der Waals surface area (Å²) in [7, 11) is -3.69. The lowest BCUT2D eigenvalue weighted by Gasteiger charge is -2.08. The summed E-state index contributed by atoms with van der Waals surface area (Å²) in [5.41, 5.74) is 2.52. The van der Waals surface area contributed by atoms with Gasteiger partial charge in [-0.2, -0.15) is 0 Å². The van der Waals surface area contributed by atoms with E-state index < -0.39 is 15.2 Å². The average Bonchev–Trinajstić information content (AvgIpc) is 2.42. The number of aryl methyl sites for hydroxylation is 2. The minimum Gasteiger partial charge on any atom is -0.291 e. The fourth-order valence-electron chi connectivity index (χ4n) is 1.91. The van der Waals surface area contributed by atoms with Crippen molar-refractivity contribution < 1.29 is 8.42 Å². The summed E-state index contributed by atoms with van der Waals surface area (Å²) < 4.78 is 25.1. The van der Waals surface area contributed by atoms with E-state index in [-0.39, 0.29) is 4.90 Å². The van der Waals surface area contributed by atoms with E-state index in [2.05, 4.69) is 4.85 Å². The maximum absolute atomic E-state index is 12.5. The molecule has 0 aliphatic rings. The SMILES string of the molecule is [C-]#[N+][C@@H](c1ccc(C)cc1)S(=O)(=O)c1ccc(C)cc1. The van der Waals surface area contributed by atoms with Gasteiger partial charge in [0.25, 0.3) is 9.84 Å². The quantitative estimate of drug-likeness (QED) is 0.807. The Labute approximate surface area is 119 Å². The maximum atomic E-state index is 12.5. The van der Waals surface area contributed by atoms with Crippen molar-refractivity contribution in [1.29, 1.82) is 0 Å². The summed E-state index contributed by atoms with van der Waals surface area (Å²) in [6.45, 7) is 11.1. The summed E-state index contributed by atoms with van der Waals surface area (Å²) in [5.74, 6) is 0. The van der Waals surface area contributed by atoms with Gasteiger partial charge in [0.05, 0.1) is 10.5 Å². The van der Waals surface area contributed by atoms with Gasteiger partial charge < -0.3 is 0 Å². The standard InChI is InChI=1S/C16H15NO2S/c1-12-4-8-14(9-5-12)16(17-3)20(18,19)15-10-6-13(2)7-11-15/h4-11,16H,1-2H3/t16-/m1/s1. The molecule has 0 bridgehead atoms. The molecule has 0 aliphatic heterocycles. The van der Waals surface area contributed by atoms with Crippen LogP contribution in [-0.2, 0) is 9.84 Å². The van der Waals surface area contributed by atoms with E-state index in [9.17, 15) is 8.42 Å². The largest absolute Gasteiger partial charge is 0.350 e. The molecule has 102 valence electrons. The van der Waals surface area contributed by atoms with Crippen LogP contribution in [-0.4, -0.2) is 8.42 Å². The fourth-order valence-corrected chi connectivity index (χ4v) is 3.34. The molecule has 0 unspecified atom stereocenters. The first kappa shape index (κ1) is 14.3. The van der Waals surface area contributed by atoms with E-state index >= 15 is 0 Å². The predicted octanol–water partition coefficient (Wildman–Crippen LogP) is 3.70. The predicted molar refractivity (Wildman–Crippen MR) is 78.9 cm³/mol. The summed E-state index contributed by atoms with van der Waals surface area (Å²) in [6, 6.07) is 13.6. The Kier molecular flexibility index (Phi) is 3.91. The molecule has 0 heterocycles. The van der Waals surface area contributed by atoms with Crippen molar-refractivity contribution in [2.24, 2.45) is 0 Å². The molecular weight excluding hydrogens is 270 g/mol. The highest BCUT2D eigenvalue weighted by atomic mass is 32.2. The normalized spacial score (nSPS) is 12.7. The van der Waals surface area contributed by atoms with Crippen LogP contribution in [0.25, 0.3) is 4.85 Å². The molecule has 2 aromatic carbocycles. The summed E-state index contributed by atoms with van der Waals surface area (Å²) in [5, 5.41) is -1.19. The van der Waals surface area contributed by atoms with Gasteiger partial charge in [-0.1, -0.05) is 35.4 Å². The van der Waals surface area contributed by atoms with Crippen LogP contribution < -0.4 is 0 Å². The number of sulfone groups is 1. The molecule has 2 aromatic rings. The lowest BCUT2D eigenvalue weighted by atomic mass is 10.1. The zero-order valence-corrected chi connectivity index (χ0v) is 12.2. The van der Waals surface area contributed by atoms with Crippen molar-refractivity contribution >= 4 is 9.84 Å². The molecule has 0 spiro atoms. The molecule has 0 aromatic heterocycles. The van der Waals surface area contributed by atoms with Gasteiger partial charge in [0.15, 0.2) is 0 Å². The van der Waals surface area contributed by atoms with E-state index in [0.717, 1.165) is 11.1 Å². The van der Waals surface area contributed by atoms with Crippen molar-refractivity contribution in [2.45, 2.75) is 24.1 Å². The molecule has 0 saturated carbocycles. The Hall–Kier alpha value is -2.12. The van der Waals surface area contributed by atoms with E-state index in [1.54, 1.807) is 36.4 Å². The monoisotopic (exact) mass is 285 g/mol. The van der Waals surface area contributed by atoms with Crippen LogP contribution in [0.15, 0.2) is 53.4 Å². The second-order valence-electron chi connectivity index (χ2n) is 4.75. The summed E-state index contributed by atoms with van der Waals surface area (Å²) in [4.78, 5) is 3.51. The molecule has 3 nitrogen and oxygen atoms in total. The van der Waals surface area contributed by atoms with E-state index in [1.807, 2.05) is 26.0 Å². The molecule has 0 amide bonds. The first-order valence-corrected chi connectivity index (χ1v) is 7.73. The number of hydrogen-bond donors (Lipinski definition) is 0. The lowest BCUT2D eigenvalue weighted by Crippen LogP contribution is -2.10. The first-order valence-electron chi connectivity index (χ1n) is 6.19. The van der Waals surface area contributed by atoms with Crippen LogP contribution >= 0.6 is 0 Å². The second kappa shape index (κ2) is 5.48. The highest BCUT2D eigenvalue weighted by molar-refractivity contribution is 7.91. The zero-order valence-electron chi connectivity index (χ0n) is 11.4. The fraction of sp³-hybridized carbons (Fsp3) is 0.188. The Morgan fingerprint density at radius 3 is 1.80 bits per heavy atom. The smallest absolute Gasteiger partial charge is 0.291 e. The molecule has 0 fully saturated rings. The van der Waals surface area contributed by atoms with Gasteiger partial charge in [-0.05, 0) is 38.1 Å². The van der Waals surface area contributed by atoms with Crippen LogP contribution in [0.1, 0.15) is 22.1 Å². The van der Waals surface area contributed by atoms with Crippen molar-refractivity contribution in [2.75, 3.05) is 0 Å². The van der Waals surface area contributed by atoms with Gasteiger partial charge in [-0.15, -0.1) is 0 Å². The molecule has 0 saturated heterocycles. The van der Waals surface area contributed by atoms with Crippen LogP contribution in [0.5, 0.6) is 0 Å². The Balaban J connectivity index is 2.48. The van der Waals surface area contributed by atoms with Crippen LogP contribution in [0.2, 0.25) is 0 Å². The average molecular weight is 285 g/mol. The van der Waals surface area contributed by atoms with Crippen LogP contribution in [0.4, 0.5) is 0 Å². The summed E-state index contributed by atoms with van der Waals surface area (Å²) in [6.07, 6.45) is 0. The zero-order chi connectivity index (χ0) is 14.8. The molecule has 0 radical (unpaired) electrons. The Morgan fingerprint density at radius 1 is 0.900 bits per heavy atom. The highest BCUT2D eigenvalue weighted by Gasteiger charge is 2.34. The topological polar surface area (TPSA) is 38.5 Å². The molecular formula is C16H15NO2S. The molecule has 0 aliphatic carbocycles. The third-order valence-corrected chi connectivity index (χ3v) is 5.02. The lowest BCUT2D eigenvalue weighted by molar-refractivity contribution is 0.590. The van der Waals surface area contributed by atoms with Gasteiger partial charge in [-0.3, -0.25) is 4.85 Å². The van der Waals surface area contributed by atoms with E-state index in [4.69, 9.17) is 6.57 Å². The minimum atomic E-state index is -3.69. The van der Waals surface area contributed by atoms with Crippen molar-refractivity contribution in [1.82, 2.24) is 0 Å². The number of rotatable bonds is 3. The highest BCUT2D eigenvalue weighted by Crippen LogP contribution is 2.30. The van der Waals surface area contributed by atoms with Crippen LogP contribution in [0.3, 0.4) is 0 Å². The van der Waals surface area contributed by atoms with Gasteiger partial charge >= 0.3 is 5.37 Å². The molecule has 0 N–H and O–H groups in total. The van der Waals surface area contributed by atoms with E-state index in [1.165, 1.54) is 0 Å². The molecule has 1 atom stereocenters. The van der Waals surface area contributed by atoms with Gasteiger partial charge in [0.1, 0.15) is 0 Å². The third-order valence-electron chi connectivity index (χ3n) is 3.12. The van der Waals surface area contributed by atoms with Crippen molar-refractivity contribution in [3.05, 3.63) is 76.6 Å². The maximum Gasteiger partial charge on any atom is 0.350 e. The number of benzene rings is 2. The second-order valence-corrected chi connectivity index (χ2v) is 6.76. The van der Waals surface area contributed by atoms with Crippen molar-refractivity contribution in [3.63, 3.8) is 0 Å². The minimum absolute atomic E-state index is 0.185. The van der Waals surface area contributed by atoms with Gasteiger partial charge in [0, 0.05) is 0 Å². The van der Waals surface area contributed by atoms with Gasteiger partial charge in [0.2, 0.25) is 0 Å². The van der Waals surface area contributed by atoms with E-state index in [0.29, 0.717) is 5.56 Å². The van der Waals surface area contributed by atoms with Crippen molar-refractivity contribution in [3.8, 4) is 0 Å². The summed E-state index contributed by atoms with van der Waals surface area (Å²) >= 11 is 0. The van der Waals surface area contributed by atoms with Crippen LogP contribution in [0, 0.1) is 20.4 Å². The Morgan fingerprint density at radius 2 is 1.35 bits per heavy atom. The molecule has 4 heteroatoms. The Bertz CT molecular complexity index is 739. The third kappa shape index (κ3) is 2.73. The van der Waals surface area contributed by atoms with Gasteiger partial charge in [-0.25, -0.2) is 15.0 Å².